The molecule has 0 unspecified atom stereocenters. The molecule has 0 atom stereocenters. The third kappa shape index (κ3) is 9.45. The number of morpholine rings is 1. The molecule has 0 aromatic carbocycles. The molecule has 0 N–H and O–H groups in total. The summed E-state index contributed by atoms with van der Waals surface area (Å²) in [7, 11) is 0. The number of carbonyl (C=O) groups excluding carboxylic acids is 1. The van der Waals surface area contributed by atoms with E-state index in [9.17, 15) is 4.79 Å². The van der Waals surface area contributed by atoms with Gasteiger partial charge in [0.15, 0.2) is 0 Å². The van der Waals surface area contributed by atoms with Crippen molar-refractivity contribution < 1.29 is 14.3 Å². The highest BCUT2D eigenvalue weighted by molar-refractivity contribution is 8.22. The molecule has 162 valence electrons. The molecule has 1 aliphatic carbocycles. The predicted octanol–water partition coefficient (Wildman–Crippen LogP) is 5.58. The number of hydrogen-bond acceptors (Lipinski definition) is 5. The number of hydrogen-bond donors (Lipinski definition) is 0. The zero-order valence-electron chi connectivity index (χ0n) is 17.7. The van der Waals surface area contributed by atoms with Gasteiger partial charge in [-0.25, -0.2) is 0 Å². The van der Waals surface area contributed by atoms with E-state index in [-0.39, 0.29) is 17.9 Å². The van der Waals surface area contributed by atoms with Gasteiger partial charge in [-0.3, -0.25) is 4.79 Å². The molecule has 2 rings (SSSR count). The Bertz CT molecular complexity index is 449. The van der Waals surface area contributed by atoms with Gasteiger partial charge in [-0.2, -0.15) is 0 Å². The molecule has 0 bridgehead atoms. The van der Waals surface area contributed by atoms with Gasteiger partial charge < -0.3 is 14.4 Å². The summed E-state index contributed by atoms with van der Waals surface area (Å²) in [4.78, 5) is 14.3. The molecule has 1 saturated carbocycles. The van der Waals surface area contributed by atoms with Crippen LogP contribution in [0.4, 0.5) is 0 Å². The van der Waals surface area contributed by atoms with E-state index in [2.05, 4.69) is 6.92 Å². The number of unbranched alkanes of at least 4 members (excludes halogenated alkanes) is 9. The van der Waals surface area contributed by atoms with Gasteiger partial charge in [0.05, 0.1) is 13.2 Å². The Morgan fingerprint density at radius 1 is 1.00 bits per heavy atom. The van der Waals surface area contributed by atoms with Crippen LogP contribution in [0.5, 0.6) is 0 Å². The second kappa shape index (κ2) is 14.6. The highest BCUT2D eigenvalue weighted by atomic mass is 32.2. The molecule has 2 fully saturated rings. The minimum absolute atomic E-state index is 0.123. The molecule has 0 aromatic rings. The van der Waals surface area contributed by atoms with E-state index in [0.29, 0.717) is 17.6 Å². The summed E-state index contributed by atoms with van der Waals surface area (Å²) in [5, 5.41) is 0. The van der Waals surface area contributed by atoms with Gasteiger partial charge in [0.25, 0.3) is 0 Å². The fourth-order valence-corrected chi connectivity index (χ4v) is 4.93. The third-order valence-corrected chi connectivity index (χ3v) is 7.02. The fourth-order valence-electron chi connectivity index (χ4n) is 3.82. The molecule has 4 nitrogen and oxygen atoms in total. The number of carbonyl (C=O) groups is 1. The largest absolute Gasteiger partial charge is 0.475 e. The van der Waals surface area contributed by atoms with Crippen molar-refractivity contribution in [2.75, 3.05) is 32.1 Å². The molecule has 1 amide bonds. The Morgan fingerprint density at radius 3 is 2.18 bits per heavy atom. The molecule has 1 heterocycles. The molecule has 0 spiro atoms. The monoisotopic (exact) mass is 429 g/mol. The van der Waals surface area contributed by atoms with Crippen molar-refractivity contribution in [2.45, 2.75) is 90.1 Å². The molecule has 6 heteroatoms. The van der Waals surface area contributed by atoms with Crippen molar-refractivity contribution in [1.82, 2.24) is 4.90 Å². The lowest BCUT2D eigenvalue weighted by Crippen LogP contribution is -2.48. The molecule has 1 saturated heterocycles. The number of rotatable bonds is 13. The maximum atomic E-state index is 12.4. The Kier molecular flexibility index (Phi) is 12.5. The second-order valence-electron chi connectivity index (χ2n) is 8.13. The predicted molar refractivity (Wildman–Crippen MR) is 122 cm³/mol. The van der Waals surface area contributed by atoms with Gasteiger partial charge in [-0.1, -0.05) is 76.5 Å². The lowest BCUT2D eigenvalue weighted by molar-refractivity contribution is -0.145. The van der Waals surface area contributed by atoms with Crippen molar-refractivity contribution in [2.24, 2.45) is 5.92 Å². The lowest BCUT2D eigenvalue weighted by atomic mass is 9.81. The van der Waals surface area contributed by atoms with Crippen LogP contribution in [0.1, 0.15) is 84.0 Å². The molecule has 1 aliphatic heterocycles. The lowest BCUT2D eigenvalue weighted by Gasteiger charge is -2.38. The van der Waals surface area contributed by atoms with E-state index in [1.165, 1.54) is 64.2 Å². The number of thioether (sulfide) groups is 1. The number of ether oxygens (including phenoxy) is 2. The van der Waals surface area contributed by atoms with E-state index in [1.807, 2.05) is 4.90 Å². The Balaban J connectivity index is 1.38. The molecule has 0 radical (unpaired) electrons. The summed E-state index contributed by atoms with van der Waals surface area (Å²) >= 11 is 7.03. The topological polar surface area (TPSA) is 38.8 Å². The van der Waals surface area contributed by atoms with Crippen molar-refractivity contribution >= 4 is 34.3 Å². The highest BCUT2D eigenvalue weighted by Crippen LogP contribution is 2.33. The molecule has 28 heavy (non-hydrogen) atoms. The summed E-state index contributed by atoms with van der Waals surface area (Å²) < 4.78 is 11.8. The quantitative estimate of drug-likeness (QED) is 0.282. The first-order valence-electron chi connectivity index (χ1n) is 11.4. The fraction of sp³-hybridized carbons (Fsp3) is 0.909. The number of thiocarbonyl (C=S) groups is 1. The Labute approximate surface area is 181 Å². The van der Waals surface area contributed by atoms with Crippen LogP contribution in [0.3, 0.4) is 0 Å². The van der Waals surface area contributed by atoms with Gasteiger partial charge >= 0.3 is 0 Å². The zero-order valence-corrected chi connectivity index (χ0v) is 19.3. The normalized spacial score (nSPS) is 22.0. The van der Waals surface area contributed by atoms with Crippen molar-refractivity contribution in [1.29, 1.82) is 0 Å². The first-order chi connectivity index (χ1) is 13.7. The summed E-state index contributed by atoms with van der Waals surface area (Å²) in [5.74, 6) is 1.45. The van der Waals surface area contributed by atoms with Crippen LogP contribution in [-0.2, 0) is 14.3 Å². The third-order valence-electron chi connectivity index (χ3n) is 5.75. The average Bonchev–Trinajstić information content (AvgIpc) is 2.68. The van der Waals surface area contributed by atoms with Crippen LogP contribution in [0, 0.1) is 5.92 Å². The van der Waals surface area contributed by atoms with Crippen molar-refractivity contribution in [3.63, 3.8) is 0 Å². The number of nitrogens with zero attached hydrogens (tertiary/aromatic N) is 1. The van der Waals surface area contributed by atoms with Crippen LogP contribution in [-0.4, -0.2) is 53.3 Å². The maximum Gasteiger partial charge on any atom is 0.226 e. The standard InChI is InChI=1S/C22H39NO3S2/c1-2-3-4-5-6-7-8-9-10-11-16-28-22(27)26-20-17-19(18-20)21(24)23-12-14-25-15-13-23/h19-20H,2-18H2,1H3/t19-,20+. The summed E-state index contributed by atoms with van der Waals surface area (Å²) in [5.41, 5.74) is 0. The van der Waals surface area contributed by atoms with Gasteiger partial charge in [0.2, 0.25) is 10.3 Å². The minimum Gasteiger partial charge on any atom is -0.475 e. The van der Waals surface area contributed by atoms with Crippen LogP contribution in [0.2, 0.25) is 0 Å². The first kappa shape index (κ1) is 23.9. The van der Waals surface area contributed by atoms with Gasteiger partial charge in [0.1, 0.15) is 6.10 Å². The van der Waals surface area contributed by atoms with Gasteiger partial charge in [-0.05, 0) is 31.5 Å². The van der Waals surface area contributed by atoms with E-state index in [0.717, 1.165) is 31.7 Å². The van der Waals surface area contributed by atoms with Gasteiger partial charge in [0, 0.05) is 24.8 Å². The summed E-state index contributed by atoms with van der Waals surface area (Å²) in [6, 6.07) is 0. The van der Waals surface area contributed by atoms with Crippen molar-refractivity contribution in [3.8, 4) is 0 Å². The smallest absolute Gasteiger partial charge is 0.226 e. The van der Waals surface area contributed by atoms with E-state index >= 15 is 0 Å². The van der Waals surface area contributed by atoms with Crippen LogP contribution >= 0.6 is 24.0 Å². The van der Waals surface area contributed by atoms with Gasteiger partial charge in [-0.15, -0.1) is 0 Å². The summed E-state index contributed by atoms with van der Waals surface area (Å²) in [6.45, 7) is 5.06. The second-order valence-corrected chi connectivity index (χ2v) is 9.82. The van der Waals surface area contributed by atoms with Crippen molar-refractivity contribution in [3.05, 3.63) is 0 Å². The number of amides is 1. The maximum absolute atomic E-state index is 12.4. The highest BCUT2D eigenvalue weighted by Gasteiger charge is 2.38. The Morgan fingerprint density at radius 2 is 1.57 bits per heavy atom. The molecule has 2 aliphatic rings. The minimum atomic E-state index is 0.123. The zero-order chi connectivity index (χ0) is 20.0. The van der Waals surface area contributed by atoms with Crippen LogP contribution in [0.25, 0.3) is 0 Å². The first-order valence-corrected chi connectivity index (χ1v) is 12.8. The summed E-state index contributed by atoms with van der Waals surface area (Å²) in [6.07, 6.45) is 15.3. The van der Waals surface area contributed by atoms with E-state index in [1.54, 1.807) is 11.8 Å². The Hall–Kier alpha value is -0.330. The van der Waals surface area contributed by atoms with E-state index < -0.39 is 0 Å². The SMILES string of the molecule is CCCCCCCCCCCCSC(=S)O[C@H]1C[C@@H](C(=O)N2CCOCC2)C1. The molecular weight excluding hydrogens is 390 g/mol. The molecule has 0 aromatic heterocycles. The molecular formula is C22H39NO3S2. The average molecular weight is 430 g/mol. The van der Waals surface area contributed by atoms with Crippen LogP contribution in [0.15, 0.2) is 0 Å². The van der Waals surface area contributed by atoms with Crippen LogP contribution < -0.4 is 0 Å². The van der Waals surface area contributed by atoms with E-state index in [4.69, 9.17) is 21.7 Å².